The lowest BCUT2D eigenvalue weighted by molar-refractivity contribution is -0.0104. The van der Waals surface area contributed by atoms with E-state index in [0.29, 0.717) is 0 Å². The molecule has 4 heteroatoms. The molecule has 1 aliphatic rings. The zero-order chi connectivity index (χ0) is 10.9. The maximum atomic E-state index is 5.86. The van der Waals surface area contributed by atoms with Gasteiger partial charge in [0.1, 0.15) is 0 Å². The third kappa shape index (κ3) is 1.92. The van der Waals surface area contributed by atoms with E-state index in [4.69, 9.17) is 4.74 Å². The Morgan fingerprint density at radius 2 is 2.47 bits per heavy atom. The second-order valence-electron chi connectivity index (χ2n) is 4.43. The summed E-state index contributed by atoms with van der Waals surface area (Å²) in [5.41, 5.74) is 1.11. The van der Waals surface area contributed by atoms with Crippen molar-refractivity contribution in [2.45, 2.75) is 31.4 Å². The van der Waals surface area contributed by atoms with Gasteiger partial charge in [0, 0.05) is 25.4 Å². The van der Waals surface area contributed by atoms with Crippen molar-refractivity contribution in [3.05, 3.63) is 18.0 Å². The summed E-state index contributed by atoms with van der Waals surface area (Å²) >= 11 is 0. The first-order chi connectivity index (χ1) is 7.15. The lowest BCUT2D eigenvalue weighted by Gasteiger charge is -2.32. The molecule has 0 saturated carbocycles. The van der Waals surface area contributed by atoms with Crippen molar-refractivity contribution in [3.8, 4) is 0 Å². The van der Waals surface area contributed by atoms with Crippen molar-refractivity contribution in [1.82, 2.24) is 15.1 Å². The predicted molar refractivity (Wildman–Crippen MR) is 58.6 cm³/mol. The molecule has 2 unspecified atom stereocenters. The van der Waals surface area contributed by atoms with Gasteiger partial charge in [0.25, 0.3) is 0 Å². The number of hydrogen-bond acceptors (Lipinski definition) is 3. The van der Waals surface area contributed by atoms with E-state index in [2.05, 4.69) is 17.3 Å². The van der Waals surface area contributed by atoms with Crippen LogP contribution in [-0.4, -0.2) is 29.0 Å². The molecule has 1 aromatic rings. The molecule has 0 spiro atoms. The minimum Gasteiger partial charge on any atom is -0.373 e. The van der Waals surface area contributed by atoms with Gasteiger partial charge in [-0.15, -0.1) is 0 Å². The van der Waals surface area contributed by atoms with Crippen LogP contribution >= 0.6 is 0 Å². The van der Waals surface area contributed by atoms with Crippen LogP contribution in [0, 0.1) is 0 Å². The Balaban J connectivity index is 2.23. The molecule has 2 heterocycles. The largest absolute Gasteiger partial charge is 0.373 e. The molecule has 1 saturated heterocycles. The first-order valence-electron chi connectivity index (χ1n) is 5.45. The molecule has 0 bridgehead atoms. The highest BCUT2D eigenvalue weighted by molar-refractivity contribution is 5.16. The molecule has 0 aromatic carbocycles. The van der Waals surface area contributed by atoms with Gasteiger partial charge in [-0.05, 0) is 26.8 Å². The number of aryl methyl sites for hydroxylation is 1. The molecule has 0 aliphatic carbocycles. The summed E-state index contributed by atoms with van der Waals surface area (Å²) in [6.07, 6.45) is 6.21. The van der Waals surface area contributed by atoms with Crippen molar-refractivity contribution in [1.29, 1.82) is 0 Å². The Bertz CT molecular complexity index is 328. The summed E-state index contributed by atoms with van der Waals surface area (Å²) in [6, 6.07) is 0.230. The van der Waals surface area contributed by atoms with E-state index in [0.717, 1.165) is 19.4 Å². The van der Waals surface area contributed by atoms with Gasteiger partial charge in [-0.3, -0.25) is 4.68 Å². The van der Waals surface area contributed by atoms with Gasteiger partial charge in [-0.25, -0.2) is 0 Å². The number of hydrogen-bond donors (Lipinski definition) is 1. The Kier molecular flexibility index (Phi) is 2.80. The minimum atomic E-state index is -0.0855. The van der Waals surface area contributed by atoms with Crippen LogP contribution in [0.15, 0.2) is 12.4 Å². The van der Waals surface area contributed by atoms with Gasteiger partial charge in [0.2, 0.25) is 0 Å². The minimum absolute atomic E-state index is 0.0855. The molecule has 1 fully saturated rings. The van der Waals surface area contributed by atoms with Gasteiger partial charge in [0.15, 0.2) is 0 Å². The van der Waals surface area contributed by atoms with Crippen molar-refractivity contribution in [3.63, 3.8) is 0 Å². The highest BCUT2D eigenvalue weighted by atomic mass is 16.5. The van der Waals surface area contributed by atoms with Crippen LogP contribution in [0.2, 0.25) is 0 Å². The zero-order valence-electron chi connectivity index (χ0n) is 9.66. The summed E-state index contributed by atoms with van der Waals surface area (Å²) in [4.78, 5) is 0. The lowest BCUT2D eigenvalue weighted by Crippen LogP contribution is -2.39. The van der Waals surface area contributed by atoms with E-state index in [-0.39, 0.29) is 11.6 Å². The third-order valence-corrected chi connectivity index (χ3v) is 3.21. The summed E-state index contributed by atoms with van der Waals surface area (Å²) in [6.45, 7) is 3.04. The Labute approximate surface area is 90.6 Å². The van der Waals surface area contributed by atoms with E-state index in [9.17, 15) is 0 Å². The van der Waals surface area contributed by atoms with E-state index < -0.39 is 0 Å². The monoisotopic (exact) mass is 209 g/mol. The molecule has 1 aromatic heterocycles. The van der Waals surface area contributed by atoms with E-state index in [1.165, 1.54) is 5.56 Å². The number of aromatic nitrogens is 2. The topological polar surface area (TPSA) is 39.1 Å². The normalized spacial score (nSPS) is 28.2. The fourth-order valence-corrected chi connectivity index (χ4v) is 2.44. The molecular weight excluding hydrogens is 190 g/mol. The van der Waals surface area contributed by atoms with Gasteiger partial charge < -0.3 is 10.1 Å². The summed E-state index contributed by atoms with van der Waals surface area (Å²) in [5, 5.41) is 7.54. The highest BCUT2D eigenvalue weighted by Crippen LogP contribution is 2.36. The molecular formula is C11H19N3O. The quantitative estimate of drug-likeness (QED) is 0.814. The summed E-state index contributed by atoms with van der Waals surface area (Å²) in [7, 11) is 3.92. The van der Waals surface area contributed by atoms with Crippen molar-refractivity contribution in [2.24, 2.45) is 7.05 Å². The second kappa shape index (κ2) is 3.94. The fraction of sp³-hybridized carbons (Fsp3) is 0.727. The lowest BCUT2D eigenvalue weighted by atomic mass is 9.89. The number of rotatable bonds is 3. The van der Waals surface area contributed by atoms with E-state index in [1.54, 1.807) is 0 Å². The molecule has 0 amide bonds. The van der Waals surface area contributed by atoms with Crippen LogP contribution in [0.1, 0.15) is 31.4 Å². The third-order valence-electron chi connectivity index (χ3n) is 3.21. The zero-order valence-corrected chi connectivity index (χ0v) is 9.66. The predicted octanol–water partition coefficient (Wildman–Crippen LogP) is 1.25. The average Bonchev–Trinajstić information content (AvgIpc) is 2.78. The summed E-state index contributed by atoms with van der Waals surface area (Å²) < 4.78 is 7.69. The Hall–Kier alpha value is -0.870. The maximum Gasteiger partial charge on any atom is 0.0850 e. The van der Waals surface area contributed by atoms with E-state index in [1.807, 2.05) is 31.2 Å². The number of nitrogens with zero attached hydrogens (tertiary/aromatic N) is 2. The smallest absolute Gasteiger partial charge is 0.0850 e. The number of likely N-dealkylation sites (N-methyl/N-ethyl adjacent to an activating group) is 1. The van der Waals surface area contributed by atoms with Crippen molar-refractivity contribution >= 4 is 0 Å². The van der Waals surface area contributed by atoms with Gasteiger partial charge in [0.05, 0.1) is 17.8 Å². The molecule has 84 valence electrons. The number of ether oxygens (including phenoxy) is 1. The first kappa shape index (κ1) is 10.6. The van der Waals surface area contributed by atoms with Crippen LogP contribution in [0.3, 0.4) is 0 Å². The van der Waals surface area contributed by atoms with Crippen molar-refractivity contribution < 1.29 is 4.74 Å². The number of nitrogens with one attached hydrogen (secondary N) is 1. The highest BCUT2D eigenvalue weighted by Gasteiger charge is 2.38. The van der Waals surface area contributed by atoms with Crippen LogP contribution in [0.25, 0.3) is 0 Å². The average molecular weight is 209 g/mol. The molecule has 1 N–H and O–H groups in total. The fourth-order valence-electron chi connectivity index (χ4n) is 2.44. The van der Waals surface area contributed by atoms with Crippen LogP contribution in [0.5, 0.6) is 0 Å². The Morgan fingerprint density at radius 3 is 2.93 bits per heavy atom. The van der Waals surface area contributed by atoms with E-state index >= 15 is 0 Å². The van der Waals surface area contributed by atoms with Crippen LogP contribution in [-0.2, 0) is 11.8 Å². The molecule has 0 radical (unpaired) electrons. The second-order valence-corrected chi connectivity index (χ2v) is 4.43. The molecule has 15 heavy (non-hydrogen) atoms. The van der Waals surface area contributed by atoms with Crippen molar-refractivity contribution in [2.75, 3.05) is 13.7 Å². The van der Waals surface area contributed by atoms with Gasteiger partial charge in [-0.2, -0.15) is 5.10 Å². The molecule has 2 atom stereocenters. The standard InChI is InChI=1S/C11H19N3O/c1-11(5-4-6-15-11)10(12-2)9-7-13-14(3)8-9/h7-8,10,12H,4-6H2,1-3H3. The first-order valence-corrected chi connectivity index (χ1v) is 5.45. The van der Waals surface area contributed by atoms with Crippen LogP contribution < -0.4 is 5.32 Å². The maximum absolute atomic E-state index is 5.86. The molecule has 2 rings (SSSR count). The van der Waals surface area contributed by atoms with Gasteiger partial charge in [-0.1, -0.05) is 0 Å². The molecule has 1 aliphatic heterocycles. The van der Waals surface area contributed by atoms with Gasteiger partial charge >= 0.3 is 0 Å². The SMILES string of the molecule is CNC(c1cnn(C)c1)C1(C)CCCO1. The summed E-state index contributed by atoms with van der Waals surface area (Å²) in [5.74, 6) is 0. The Morgan fingerprint density at radius 1 is 1.67 bits per heavy atom. The molecule has 4 nitrogen and oxygen atoms in total. The van der Waals surface area contributed by atoms with Crippen LogP contribution in [0.4, 0.5) is 0 Å².